The Hall–Kier alpha value is -1.90. The van der Waals surface area contributed by atoms with Gasteiger partial charge in [0.05, 0.1) is 6.61 Å². The highest BCUT2D eigenvalue weighted by atomic mass is 16.5. The molecule has 3 nitrogen and oxygen atoms in total. The van der Waals surface area contributed by atoms with Crippen molar-refractivity contribution in [3.8, 4) is 17.1 Å². The van der Waals surface area contributed by atoms with Gasteiger partial charge in [-0.3, -0.25) is 0 Å². The van der Waals surface area contributed by atoms with E-state index in [1.807, 2.05) is 12.4 Å². The monoisotopic (exact) mass is 478 g/mol. The van der Waals surface area contributed by atoms with Crippen molar-refractivity contribution in [1.29, 1.82) is 0 Å². The third-order valence-corrected chi connectivity index (χ3v) is 7.87. The van der Waals surface area contributed by atoms with Crippen LogP contribution in [0.3, 0.4) is 0 Å². The van der Waals surface area contributed by atoms with Gasteiger partial charge in [0, 0.05) is 18.0 Å². The van der Waals surface area contributed by atoms with Gasteiger partial charge in [0.25, 0.3) is 0 Å². The van der Waals surface area contributed by atoms with Crippen molar-refractivity contribution in [2.24, 2.45) is 11.8 Å². The van der Waals surface area contributed by atoms with Crippen LogP contribution in [0.5, 0.6) is 5.75 Å². The second-order valence-corrected chi connectivity index (χ2v) is 10.7. The molecule has 1 fully saturated rings. The maximum Gasteiger partial charge on any atom is 0.159 e. The number of aromatic nitrogens is 2. The summed E-state index contributed by atoms with van der Waals surface area (Å²) in [4.78, 5) is 9.19. The van der Waals surface area contributed by atoms with Crippen molar-refractivity contribution in [2.75, 3.05) is 6.61 Å². The SMILES string of the molecule is CCCCCCCC1CCCCC1CCCOc1ccc(-c2ncc(CCCCCC)cn2)cc1. The van der Waals surface area contributed by atoms with Crippen molar-refractivity contribution in [1.82, 2.24) is 9.97 Å². The lowest BCUT2D eigenvalue weighted by Gasteiger charge is -2.31. The van der Waals surface area contributed by atoms with Gasteiger partial charge in [-0.2, -0.15) is 0 Å². The molecule has 0 N–H and O–H groups in total. The van der Waals surface area contributed by atoms with E-state index >= 15 is 0 Å². The minimum absolute atomic E-state index is 0.798. The third-order valence-electron chi connectivity index (χ3n) is 7.87. The minimum Gasteiger partial charge on any atom is -0.494 e. The zero-order chi connectivity index (χ0) is 24.6. The second-order valence-electron chi connectivity index (χ2n) is 10.7. The number of hydrogen-bond donors (Lipinski definition) is 0. The van der Waals surface area contributed by atoms with Gasteiger partial charge in [-0.05, 0) is 67.3 Å². The van der Waals surface area contributed by atoms with Gasteiger partial charge >= 0.3 is 0 Å². The van der Waals surface area contributed by atoms with Crippen LogP contribution >= 0.6 is 0 Å². The Kier molecular flexibility index (Phi) is 13.2. The van der Waals surface area contributed by atoms with Gasteiger partial charge in [0.15, 0.2) is 5.82 Å². The van der Waals surface area contributed by atoms with E-state index in [4.69, 9.17) is 4.74 Å². The first-order valence-corrected chi connectivity index (χ1v) is 14.8. The van der Waals surface area contributed by atoms with Gasteiger partial charge < -0.3 is 4.74 Å². The van der Waals surface area contributed by atoms with Crippen molar-refractivity contribution in [3.63, 3.8) is 0 Å². The van der Waals surface area contributed by atoms with E-state index < -0.39 is 0 Å². The summed E-state index contributed by atoms with van der Waals surface area (Å²) in [7, 11) is 0. The van der Waals surface area contributed by atoms with Gasteiger partial charge in [0.1, 0.15) is 5.75 Å². The predicted molar refractivity (Wildman–Crippen MR) is 149 cm³/mol. The molecule has 1 aromatic heterocycles. The summed E-state index contributed by atoms with van der Waals surface area (Å²) in [6.45, 7) is 5.37. The number of rotatable bonds is 17. The fourth-order valence-electron chi connectivity index (χ4n) is 5.68. The highest BCUT2D eigenvalue weighted by Gasteiger charge is 2.24. The quantitative estimate of drug-likeness (QED) is 0.212. The molecule has 1 saturated carbocycles. The molecule has 0 amide bonds. The number of ether oxygens (including phenoxy) is 1. The molecular weight excluding hydrogens is 428 g/mol. The van der Waals surface area contributed by atoms with Crippen LogP contribution in [0.1, 0.15) is 122 Å². The topological polar surface area (TPSA) is 35.0 Å². The average molecular weight is 479 g/mol. The van der Waals surface area contributed by atoms with Crippen LogP contribution in [0, 0.1) is 11.8 Å². The van der Waals surface area contributed by atoms with Crippen LogP contribution in [0.25, 0.3) is 11.4 Å². The van der Waals surface area contributed by atoms with Gasteiger partial charge in [-0.1, -0.05) is 97.3 Å². The van der Waals surface area contributed by atoms with Crippen LogP contribution in [0.4, 0.5) is 0 Å². The third kappa shape index (κ3) is 10.3. The molecule has 35 heavy (non-hydrogen) atoms. The van der Waals surface area contributed by atoms with Crippen LogP contribution < -0.4 is 4.74 Å². The molecular formula is C32H50N2O. The predicted octanol–water partition coefficient (Wildman–Crippen LogP) is 9.59. The molecule has 194 valence electrons. The van der Waals surface area contributed by atoms with E-state index in [9.17, 15) is 0 Å². The van der Waals surface area contributed by atoms with E-state index in [2.05, 4.69) is 48.1 Å². The average Bonchev–Trinajstić information content (AvgIpc) is 2.90. The van der Waals surface area contributed by atoms with Crippen LogP contribution in [0.15, 0.2) is 36.7 Å². The molecule has 0 bridgehead atoms. The fraction of sp³-hybridized carbons (Fsp3) is 0.688. The molecule has 1 aromatic carbocycles. The van der Waals surface area contributed by atoms with Gasteiger partial charge in [-0.25, -0.2) is 9.97 Å². The number of nitrogens with zero attached hydrogens (tertiary/aromatic N) is 2. The first kappa shape index (κ1) is 27.7. The van der Waals surface area contributed by atoms with Crippen molar-refractivity contribution >= 4 is 0 Å². The maximum absolute atomic E-state index is 6.09. The lowest BCUT2D eigenvalue weighted by atomic mass is 9.74. The standard InChI is InChI=1S/C32H50N2O/c1-3-5-7-9-11-16-28-17-12-13-18-29(28)19-14-24-35-31-22-20-30(21-23-31)32-33-25-27(26-34-32)15-10-8-6-4-2/h20-23,25-26,28-29H,3-19,24H2,1-2H3. The Balaban J connectivity index is 1.36. The summed E-state index contributed by atoms with van der Waals surface area (Å²) in [5.41, 5.74) is 2.29. The normalized spacial score (nSPS) is 18.0. The largest absolute Gasteiger partial charge is 0.494 e. The number of unbranched alkanes of at least 4 members (excludes halogenated alkanes) is 7. The summed E-state index contributed by atoms with van der Waals surface area (Å²) in [5, 5.41) is 0. The summed E-state index contributed by atoms with van der Waals surface area (Å²) >= 11 is 0. The Morgan fingerprint density at radius 2 is 1.31 bits per heavy atom. The molecule has 2 aromatic rings. The van der Waals surface area contributed by atoms with Gasteiger partial charge in [-0.15, -0.1) is 0 Å². The molecule has 3 rings (SSSR count). The second kappa shape index (κ2) is 16.7. The van der Waals surface area contributed by atoms with Crippen LogP contribution in [-0.2, 0) is 6.42 Å². The van der Waals surface area contributed by atoms with Crippen molar-refractivity contribution < 1.29 is 4.74 Å². The smallest absolute Gasteiger partial charge is 0.159 e. The summed E-state index contributed by atoms with van der Waals surface area (Å²) in [6, 6.07) is 8.30. The first-order valence-electron chi connectivity index (χ1n) is 14.8. The van der Waals surface area contributed by atoms with Crippen molar-refractivity contribution in [3.05, 3.63) is 42.2 Å². The highest BCUT2D eigenvalue weighted by molar-refractivity contribution is 5.55. The molecule has 0 aliphatic heterocycles. The molecule has 0 saturated heterocycles. The van der Waals surface area contributed by atoms with E-state index in [1.54, 1.807) is 0 Å². The van der Waals surface area contributed by atoms with E-state index in [0.717, 1.165) is 42.0 Å². The lowest BCUT2D eigenvalue weighted by molar-refractivity contribution is 0.190. The molecule has 2 unspecified atom stereocenters. The summed E-state index contributed by atoms with van der Waals surface area (Å²) in [5.74, 6) is 3.64. The maximum atomic E-state index is 6.09. The van der Waals surface area contributed by atoms with E-state index in [-0.39, 0.29) is 0 Å². The Labute approximate surface area is 215 Å². The van der Waals surface area contributed by atoms with Crippen molar-refractivity contribution in [2.45, 2.75) is 123 Å². The Morgan fingerprint density at radius 3 is 1.97 bits per heavy atom. The minimum atomic E-state index is 0.798. The highest BCUT2D eigenvalue weighted by Crippen LogP contribution is 2.36. The number of hydrogen-bond acceptors (Lipinski definition) is 3. The number of aryl methyl sites for hydroxylation is 1. The fourth-order valence-corrected chi connectivity index (χ4v) is 5.68. The van der Waals surface area contributed by atoms with Crippen LogP contribution in [0.2, 0.25) is 0 Å². The zero-order valence-electron chi connectivity index (χ0n) is 22.6. The molecule has 0 radical (unpaired) electrons. The number of benzene rings is 1. The van der Waals surface area contributed by atoms with E-state index in [0.29, 0.717) is 0 Å². The lowest BCUT2D eigenvalue weighted by Crippen LogP contribution is -2.20. The summed E-state index contributed by atoms with van der Waals surface area (Å²) < 4.78 is 6.09. The summed E-state index contributed by atoms with van der Waals surface area (Å²) in [6.07, 6.45) is 26.9. The molecule has 1 heterocycles. The molecule has 1 aliphatic rings. The van der Waals surface area contributed by atoms with Gasteiger partial charge in [0.2, 0.25) is 0 Å². The van der Waals surface area contributed by atoms with E-state index in [1.165, 1.54) is 108 Å². The Morgan fingerprint density at radius 1 is 0.714 bits per heavy atom. The molecule has 2 atom stereocenters. The Bertz CT molecular complexity index is 786. The first-order chi connectivity index (χ1) is 17.3. The molecule has 3 heteroatoms. The van der Waals surface area contributed by atoms with Crippen LogP contribution in [-0.4, -0.2) is 16.6 Å². The molecule has 1 aliphatic carbocycles. The zero-order valence-corrected chi connectivity index (χ0v) is 22.6. The molecule has 0 spiro atoms.